The monoisotopic (exact) mass is 223 g/mol. The zero-order valence-corrected chi connectivity index (χ0v) is 9.62. The number of hydrogen-bond acceptors (Lipinski definition) is 2. The molecule has 0 aliphatic carbocycles. The summed E-state index contributed by atoms with van der Waals surface area (Å²) in [7, 11) is 0. The largest absolute Gasteiger partial charge is 0.328 e. The predicted molar refractivity (Wildman–Crippen MR) is 62.3 cm³/mol. The fourth-order valence-electron chi connectivity index (χ4n) is 1.72. The summed E-state index contributed by atoms with van der Waals surface area (Å²) in [6.45, 7) is 3.97. The van der Waals surface area contributed by atoms with E-state index in [0.29, 0.717) is 5.02 Å². The van der Waals surface area contributed by atoms with Gasteiger partial charge in [0.1, 0.15) is 5.82 Å². The van der Waals surface area contributed by atoms with E-state index < -0.39 is 0 Å². The molecule has 1 unspecified atom stereocenters. The topological polar surface area (TPSA) is 43.3 Å². The smallest absolute Gasteiger partial charge is 0.115 e. The van der Waals surface area contributed by atoms with Crippen LogP contribution in [0.2, 0.25) is 5.02 Å². The summed E-state index contributed by atoms with van der Waals surface area (Å²) in [4.78, 5) is 4.50. The minimum absolute atomic E-state index is 0.106. The molecule has 80 valence electrons. The first-order valence-corrected chi connectivity index (χ1v) is 5.34. The molecular formula is C11H14ClN3. The van der Waals surface area contributed by atoms with Crippen LogP contribution in [0.5, 0.6) is 0 Å². The second-order valence-electron chi connectivity index (χ2n) is 3.90. The van der Waals surface area contributed by atoms with Crippen molar-refractivity contribution in [3.05, 3.63) is 34.9 Å². The molecule has 0 aliphatic heterocycles. The quantitative estimate of drug-likeness (QED) is 0.848. The molecule has 2 rings (SSSR count). The number of aryl methyl sites for hydroxylation is 1. The van der Waals surface area contributed by atoms with Crippen LogP contribution in [-0.4, -0.2) is 15.4 Å². The third-order valence-corrected chi connectivity index (χ3v) is 2.59. The molecule has 2 N–H and O–H groups in total. The molecule has 0 amide bonds. The van der Waals surface area contributed by atoms with E-state index in [1.165, 1.54) is 0 Å². The van der Waals surface area contributed by atoms with E-state index in [4.69, 9.17) is 17.3 Å². The molecular weight excluding hydrogens is 210 g/mol. The molecule has 0 saturated heterocycles. The lowest BCUT2D eigenvalue weighted by atomic mass is 10.2. The van der Waals surface area contributed by atoms with Crippen LogP contribution >= 0.6 is 11.6 Å². The fourth-order valence-corrected chi connectivity index (χ4v) is 1.88. The molecule has 0 aromatic carbocycles. The maximum atomic E-state index is 5.96. The van der Waals surface area contributed by atoms with Crippen LogP contribution < -0.4 is 5.73 Å². The highest BCUT2D eigenvalue weighted by Crippen LogP contribution is 2.17. The molecule has 0 aliphatic rings. The third kappa shape index (κ3) is 1.98. The number of nitrogens with zero attached hydrogens (tertiary/aromatic N) is 2. The average Bonchev–Trinajstić information content (AvgIpc) is 2.42. The first-order valence-electron chi connectivity index (χ1n) is 4.96. The van der Waals surface area contributed by atoms with Crippen molar-refractivity contribution >= 4 is 17.1 Å². The van der Waals surface area contributed by atoms with E-state index >= 15 is 0 Å². The van der Waals surface area contributed by atoms with Gasteiger partial charge >= 0.3 is 0 Å². The van der Waals surface area contributed by atoms with Crippen molar-refractivity contribution in [1.82, 2.24) is 9.38 Å². The van der Waals surface area contributed by atoms with Gasteiger partial charge in [-0.15, -0.1) is 0 Å². The summed E-state index contributed by atoms with van der Waals surface area (Å²) in [6.07, 6.45) is 2.64. The third-order valence-electron chi connectivity index (χ3n) is 2.36. The number of nitrogens with two attached hydrogens (primary N) is 1. The van der Waals surface area contributed by atoms with Gasteiger partial charge in [-0.05, 0) is 26.0 Å². The van der Waals surface area contributed by atoms with Crippen LogP contribution in [0.3, 0.4) is 0 Å². The molecule has 3 nitrogen and oxygen atoms in total. The molecule has 4 heteroatoms. The van der Waals surface area contributed by atoms with Gasteiger partial charge in [0, 0.05) is 18.7 Å². The second kappa shape index (κ2) is 3.83. The number of fused-ring (bicyclic) bond motifs is 1. The molecule has 2 aromatic rings. The van der Waals surface area contributed by atoms with Gasteiger partial charge in [0.15, 0.2) is 0 Å². The number of rotatable bonds is 2. The van der Waals surface area contributed by atoms with E-state index in [9.17, 15) is 0 Å². The lowest BCUT2D eigenvalue weighted by Crippen LogP contribution is -2.19. The van der Waals surface area contributed by atoms with Crippen molar-refractivity contribution < 1.29 is 0 Å². The zero-order valence-electron chi connectivity index (χ0n) is 8.87. The minimum atomic E-state index is 0.106. The van der Waals surface area contributed by atoms with Gasteiger partial charge in [-0.3, -0.25) is 0 Å². The second-order valence-corrected chi connectivity index (χ2v) is 4.33. The van der Waals surface area contributed by atoms with Gasteiger partial charge in [-0.25, -0.2) is 4.98 Å². The van der Waals surface area contributed by atoms with Gasteiger partial charge in [0.05, 0.1) is 16.2 Å². The number of hydrogen-bond donors (Lipinski definition) is 1. The van der Waals surface area contributed by atoms with Gasteiger partial charge < -0.3 is 10.1 Å². The molecule has 0 spiro atoms. The van der Waals surface area contributed by atoms with Crippen LogP contribution in [-0.2, 0) is 6.42 Å². The van der Waals surface area contributed by atoms with E-state index in [-0.39, 0.29) is 6.04 Å². The number of halogens is 1. The average molecular weight is 224 g/mol. The molecule has 1 atom stereocenters. The fraction of sp³-hybridized carbons (Fsp3) is 0.364. The first-order chi connectivity index (χ1) is 7.08. The Kier molecular flexibility index (Phi) is 2.67. The molecule has 2 heterocycles. The van der Waals surface area contributed by atoms with Gasteiger partial charge in [0.2, 0.25) is 0 Å². The minimum Gasteiger partial charge on any atom is -0.328 e. The maximum Gasteiger partial charge on any atom is 0.115 e. The Hall–Kier alpha value is -1.06. The lowest BCUT2D eigenvalue weighted by molar-refractivity contribution is 0.699. The zero-order chi connectivity index (χ0) is 11.0. The van der Waals surface area contributed by atoms with Crippen molar-refractivity contribution in [2.45, 2.75) is 26.3 Å². The molecule has 0 fully saturated rings. The Balaban J connectivity index is 2.59. The highest BCUT2D eigenvalue weighted by molar-refractivity contribution is 6.30. The summed E-state index contributed by atoms with van der Waals surface area (Å²) in [5, 5.41) is 0.714. The first kappa shape index (κ1) is 10.5. The van der Waals surface area contributed by atoms with Crippen LogP contribution in [0.1, 0.15) is 18.4 Å². The molecule has 2 aromatic heterocycles. The number of imidazole rings is 1. The summed E-state index contributed by atoms with van der Waals surface area (Å²) >= 11 is 5.96. The summed E-state index contributed by atoms with van der Waals surface area (Å²) in [6, 6.07) is 3.96. The SMILES string of the molecule is Cc1nc(CC(C)N)n2cc(Cl)ccc12. The molecule has 15 heavy (non-hydrogen) atoms. The van der Waals surface area contributed by atoms with Crippen LogP contribution in [0, 0.1) is 6.92 Å². The molecule has 0 bridgehead atoms. The van der Waals surface area contributed by atoms with Crippen molar-refractivity contribution in [3.8, 4) is 0 Å². The van der Waals surface area contributed by atoms with Gasteiger partial charge in [-0.2, -0.15) is 0 Å². The highest BCUT2D eigenvalue weighted by Gasteiger charge is 2.09. The van der Waals surface area contributed by atoms with Crippen LogP contribution in [0.25, 0.3) is 5.52 Å². The Morgan fingerprint density at radius 3 is 2.93 bits per heavy atom. The van der Waals surface area contributed by atoms with Gasteiger partial charge in [0.25, 0.3) is 0 Å². The number of aromatic nitrogens is 2. The van der Waals surface area contributed by atoms with Crippen molar-refractivity contribution in [3.63, 3.8) is 0 Å². The van der Waals surface area contributed by atoms with Crippen molar-refractivity contribution in [2.75, 3.05) is 0 Å². The number of pyridine rings is 1. The Morgan fingerprint density at radius 1 is 1.53 bits per heavy atom. The van der Waals surface area contributed by atoms with Crippen LogP contribution in [0.15, 0.2) is 18.3 Å². The summed E-state index contributed by atoms with van der Waals surface area (Å²) < 4.78 is 2.01. The van der Waals surface area contributed by atoms with Crippen molar-refractivity contribution in [1.29, 1.82) is 0 Å². The van der Waals surface area contributed by atoms with E-state index in [0.717, 1.165) is 23.5 Å². The van der Waals surface area contributed by atoms with E-state index in [2.05, 4.69) is 4.98 Å². The van der Waals surface area contributed by atoms with E-state index in [1.54, 1.807) is 0 Å². The summed E-state index contributed by atoms with van der Waals surface area (Å²) in [5.74, 6) is 0.972. The summed E-state index contributed by atoms with van der Waals surface area (Å²) in [5.41, 5.74) is 7.89. The lowest BCUT2D eigenvalue weighted by Gasteiger charge is -2.04. The normalized spacial score (nSPS) is 13.3. The van der Waals surface area contributed by atoms with Gasteiger partial charge in [-0.1, -0.05) is 11.6 Å². The molecule has 0 saturated carbocycles. The maximum absolute atomic E-state index is 5.96. The van der Waals surface area contributed by atoms with Crippen LogP contribution in [0.4, 0.5) is 0 Å². The molecule has 0 radical (unpaired) electrons. The van der Waals surface area contributed by atoms with Crippen molar-refractivity contribution in [2.24, 2.45) is 5.73 Å². The highest BCUT2D eigenvalue weighted by atomic mass is 35.5. The Bertz CT molecular complexity index is 488. The standard InChI is InChI=1S/C11H14ClN3/c1-7(13)5-11-14-8(2)10-4-3-9(12)6-15(10)11/h3-4,6-7H,5,13H2,1-2H3. The van der Waals surface area contributed by atoms with E-state index in [1.807, 2.05) is 36.6 Å². The predicted octanol–water partition coefficient (Wildman–Crippen LogP) is 2.19. The Morgan fingerprint density at radius 2 is 2.27 bits per heavy atom. The Labute approximate surface area is 93.9 Å².